The number of morpholine rings is 1. The zero-order valence-electron chi connectivity index (χ0n) is 13.5. The zero-order chi connectivity index (χ0) is 16.4. The van der Waals surface area contributed by atoms with Gasteiger partial charge in [0.1, 0.15) is 12.6 Å². The average molecular weight is 320 g/mol. The summed E-state index contributed by atoms with van der Waals surface area (Å²) in [6, 6.07) is 20.3. The normalized spacial score (nSPS) is 18.0. The van der Waals surface area contributed by atoms with Gasteiger partial charge in [-0.05, 0) is 23.1 Å². The van der Waals surface area contributed by atoms with Gasteiger partial charge >= 0.3 is 0 Å². The molecule has 4 nitrogen and oxygen atoms in total. The molecule has 2 aromatic carbocycles. The first-order chi connectivity index (χ1) is 11.8. The van der Waals surface area contributed by atoms with E-state index in [0.717, 1.165) is 16.5 Å². The van der Waals surface area contributed by atoms with Gasteiger partial charge < -0.3 is 14.2 Å². The van der Waals surface area contributed by atoms with Crippen molar-refractivity contribution < 1.29 is 9.53 Å². The lowest BCUT2D eigenvalue weighted by Crippen LogP contribution is -2.43. The van der Waals surface area contributed by atoms with E-state index < -0.39 is 0 Å². The third kappa shape index (κ3) is 2.93. The molecule has 4 rings (SSSR count). The summed E-state index contributed by atoms with van der Waals surface area (Å²) < 4.78 is 7.87. The molecule has 24 heavy (non-hydrogen) atoms. The first-order valence-corrected chi connectivity index (χ1v) is 8.29. The Labute approximate surface area is 141 Å². The summed E-state index contributed by atoms with van der Waals surface area (Å²) in [6.45, 7) is 2.22. The number of hydrogen-bond donors (Lipinski definition) is 0. The van der Waals surface area contributed by atoms with Crippen LogP contribution in [0.3, 0.4) is 0 Å². The topological polar surface area (TPSA) is 34.5 Å². The van der Waals surface area contributed by atoms with Crippen molar-refractivity contribution in [3.8, 4) is 0 Å². The van der Waals surface area contributed by atoms with E-state index in [1.54, 1.807) is 0 Å². The Hall–Kier alpha value is -2.59. The summed E-state index contributed by atoms with van der Waals surface area (Å²) in [4.78, 5) is 14.6. The first-order valence-electron chi connectivity index (χ1n) is 8.29. The van der Waals surface area contributed by atoms with Gasteiger partial charge in [-0.1, -0.05) is 48.5 Å². The lowest BCUT2D eigenvalue weighted by Gasteiger charge is -2.33. The fourth-order valence-electron chi connectivity index (χ4n) is 3.27. The molecule has 4 heteroatoms. The molecular weight excluding hydrogens is 300 g/mol. The molecule has 0 radical (unpaired) electrons. The van der Waals surface area contributed by atoms with Gasteiger partial charge in [0.25, 0.3) is 0 Å². The monoisotopic (exact) mass is 320 g/mol. The summed E-state index contributed by atoms with van der Waals surface area (Å²) >= 11 is 0. The second-order valence-electron chi connectivity index (χ2n) is 6.11. The fourth-order valence-corrected chi connectivity index (χ4v) is 3.27. The molecule has 1 unspecified atom stereocenters. The molecule has 1 amide bonds. The van der Waals surface area contributed by atoms with Gasteiger partial charge in [0, 0.05) is 18.3 Å². The van der Waals surface area contributed by atoms with Gasteiger partial charge in [0.15, 0.2) is 0 Å². The van der Waals surface area contributed by atoms with Crippen molar-refractivity contribution >= 4 is 16.8 Å². The highest BCUT2D eigenvalue weighted by Crippen LogP contribution is 2.22. The van der Waals surface area contributed by atoms with E-state index in [1.807, 2.05) is 46.0 Å². The van der Waals surface area contributed by atoms with Gasteiger partial charge in [-0.2, -0.15) is 0 Å². The fraction of sp³-hybridized carbons (Fsp3) is 0.250. The Bertz CT molecular complexity index is 841. The molecule has 0 N–H and O–H groups in total. The highest BCUT2D eigenvalue weighted by molar-refractivity contribution is 5.83. The maximum absolute atomic E-state index is 12.7. The van der Waals surface area contributed by atoms with E-state index in [2.05, 4.69) is 30.3 Å². The lowest BCUT2D eigenvalue weighted by atomic mass is 10.1. The van der Waals surface area contributed by atoms with Crippen LogP contribution in [0.4, 0.5) is 0 Å². The van der Waals surface area contributed by atoms with E-state index in [-0.39, 0.29) is 12.0 Å². The van der Waals surface area contributed by atoms with Crippen LogP contribution >= 0.6 is 0 Å². The number of nitrogens with zero attached hydrogens (tertiary/aromatic N) is 2. The largest absolute Gasteiger partial charge is 0.370 e. The van der Waals surface area contributed by atoms with Crippen molar-refractivity contribution in [2.24, 2.45) is 0 Å². The number of fused-ring (bicyclic) bond motifs is 1. The van der Waals surface area contributed by atoms with Gasteiger partial charge in [0.05, 0.1) is 13.2 Å². The quantitative estimate of drug-likeness (QED) is 0.742. The Kier molecular flexibility index (Phi) is 4.05. The van der Waals surface area contributed by atoms with Gasteiger partial charge in [-0.25, -0.2) is 0 Å². The van der Waals surface area contributed by atoms with Crippen LogP contribution in [-0.4, -0.2) is 35.1 Å². The van der Waals surface area contributed by atoms with Gasteiger partial charge in [-0.3, -0.25) is 4.79 Å². The molecule has 1 aliphatic heterocycles. The molecule has 1 aromatic heterocycles. The molecule has 122 valence electrons. The Balaban J connectivity index is 1.48. The molecule has 1 saturated heterocycles. The van der Waals surface area contributed by atoms with Crippen LogP contribution in [0.2, 0.25) is 0 Å². The second kappa shape index (κ2) is 6.49. The number of hydrogen-bond acceptors (Lipinski definition) is 2. The molecular formula is C20H20N2O2. The minimum atomic E-state index is -0.0368. The average Bonchev–Trinajstić information content (AvgIpc) is 3.06. The van der Waals surface area contributed by atoms with Crippen molar-refractivity contribution in [3.05, 3.63) is 72.4 Å². The van der Waals surface area contributed by atoms with E-state index in [4.69, 9.17) is 4.74 Å². The standard InChI is InChI=1S/C20H20N2O2/c23-20(15-21-11-10-16-6-4-5-9-18(16)21)22-12-13-24-19(14-22)17-7-2-1-3-8-17/h1-11,19H,12-15H2. The third-order valence-corrected chi connectivity index (χ3v) is 4.58. The Morgan fingerprint density at radius 1 is 1.04 bits per heavy atom. The highest BCUT2D eigenvalue weighted by atomic mass is 16.5. The predicted molar refractivity (Wildman–Crippen MR) is 93.7 cm³/mol. The summed E-state index contributed by atoms with van der Waals surface area (Å²) in [5.74, 6) is 0.139. The first kappa shape index (κ1) is 15.0. The molecule has 1 fully saturated rings. The number of carbonyl (C=O) groups excluding carboxylic acids is 1. The number of aromatic nitrogens is 1. The highest BCUT2D eigenvalue weighted by Gasteiger charge is 2.25. The minimum absolute atomic E-state index is 0.0368. The van der Waals surface area contributed by atoms with E-state index >= 15 is 0 Å². The molecule has 1 atom stereocenters. The van der Waals surface area contributed by atoms with Crippen LogP contribution < -0.4 is 0 Å². The smallest absolute Gasteiger partial charge is 0.242 e. The summed E-state index contributed by atoms with van der Waals surface area (Å²) in [7, 11) is 0. The molecule has 1 aliphatic rings. The van der Waals surface area contributed by atoms with Crippen molar-refractivity contribution in [1.29, 1.82) is 0 Å². The molecule has 2 heterocycles. The third-order valence-electron chi connectivity index (χ3n) is 4.58. The van der Waals surface area contributed by atoms with Gasteiger partial charge in [0.2, 0.25) is 5.91 Å². The minimum Gasteiger partial charge on any atom is -0.370 e. The second-order valence-corrected chi connectivity index (χ2v) is 6.11. The van der Waals surface area contributed by atoms with Crippen LogP contribution in [0, 0.1) is 0 Å². The number of benzene rings is 2. The van der Waals surface area contributed by atoms with Crippen LogP contribution in [0.1, 0.15) is 11.7 Å². The zero-order valence-corrected chi connectivity index (χ0v) is 13.5. The van der Waals surface area contributed by atoms with Crippen LogP contribution in [0.25, 0.3) is 10.9 Å². The van der Waals surface area contributed by atoms with Crippen LogP contribution in [0.5, 0.6) is 0 Å². The Morgan fingerprint density at radius 2 is 1.83 bits per heavy atom. The van der Waals surface area contributed by atoms with Gasteiger partial charge in [-0.15, -0.1) is 0 Å². The van der Waals surface area contributed by atoms with E-state index in [9.17, 15) is 4.79 Å². The van der Waals surface area contributed by atoms with Crippen LogP contribution in [0.15, 0.2) is 66.9 Å². The molecule has 3 aromatic rings. The summed E-state index contributed by atoms with van der Waals surface area (Å²) in [5, 5.41) is 1.16. The molecule has 0 saturated carbocycles. The van der Waals surface area contributed by atoms with Crippen molar-refractivity contribution in [2.45, 2.75) is 12.6 Å². The maximum Gasteiger partial charge on any atom is 0.242 e. The van der Waals surface area contributed by atoms with E-state index in [0.29, 0.717) is 26.2 Å². The van der Waals surface area contributed by atoms with Crippen molar-refractivity contribution in [2.75, 3.05) is 19.7 Å². The Morgan fingerprint density at radius 3 is 2.71 bits per heavy atom. The number of rotatable bonds is 3. The predicted octanol–water partition coefficient (Wildman–Crippen LogP) is 3.24. The SMILES string of the molecule is O=C(Cn1ccc2ccccc21)N1CCOC(c2ccccc2)C1. The van der Waals surface area contributed by atoms with Crippen molar-refractivity contribution in [1.82, 2.24) is 9.47 Å². The van der Waals surface area contributed by atoms with Crippen LogP contribution in [-0.2, 0) is 16.1 Å². The summed E-state index contributed by atoms with van der Waals surface area (Å²) in [6.07, 6.45) is 1.95. The molecule has 0 aliphatic carbocycles. The number of amides is 1. The number of ether oxygens (including phenoxy) is 1. The number of carbonyl (C=O) groups is 1. The molecule has 0 bridgehead atoms. The summed E-state index contributed by atoms with van der Waals surface area (Å²) in [5.41, 5.74) is 2.22. The van der Waals surface area contributed by atoms with E-state index in [1.165, 1.54) is 0 Å². The van der Waals surface area contributed by atoms with Crippen molar-refractivity contribution in [3.63, 3.8) is 0 Å². The lowest BCUT2D eigenvalue weighted by molar-refractivity contribution is -0.139. The maximum atomic E-state index is 12.7. The molecule has 0 spiro atoms. The number of para-hydroxylation sites is 1.